The Morgan fingerprint density at radius 2 is 2.00 bits per heavy atom. The summed E-state index contributed by atoms with van der Waals surface area (Å²) in [5.74, 6) is -0.310. The minimum atomic E-state index is -0.776. The molecule has 0 radical (unpaired) electrons. The molecule has 0 aliphatic rings. The van der Waals surface area contributed by atoms with E-state index < -0.39 is 6.10 Å². The van der Waals surface area contributed by atoms with Crippen molar-refractivity contribution < 1.29 is 9.50 Å². The third-order valence-corrected chi connectivity index (χ3v) is 3.95. The average molecular weight is 346 g/mol. The van der Waals surface area contributed by atoms with Crippen LogP contribution >= 0.6 is 15.9 Å². The van der Waals surface area contributed by atoms with Crippen LogP contribution in [-0.2, 0) is 6.42 Å². The predicted molar refractivity (Wildman–Crippen MR) is 84.5 cm³/mol. The zero-order valence-corrected chi connectivity index (χ0v) is 12.7. The zero-order valence-electron chi connectivity index (χ0n) is 11.1. The molecule has 1 N–H and O–H groups in total. The molecule has 0 aliphatic heterocycles. The van der Waals surface area contributed by atoms with Crippen molar-refractivity contribution in [2.75, 3.05) is 0 Å². The van der Waals surface area contributed by atoms with Gasteiger partial charge in [0, 0.05) is 22.5 Å². The maximum Gasteiger partial charge on any atom is 0.126 e. The summed E-state index contributed by atoms with van der Waals surface area (Å²) < 4.78 is 14.6. The normalized spacial score (nSPS) is 12.5. The maximum absolute atomic E-state index is 13.8. The SMILES string of the molecule is OC(Cc1cc(Br)ccc1F)c1cccc2ncccc12. The Balaban J connectivity index is 1.97. The highest BCUT2D eigenvalue weighted by Crippen LogP contribution is 2.27. The first-order chi connectivity index (χ1) is 10.1. The number of halogens is 2. The van der Waals surface area contributed by atoms with Crippen molar-refractivity contribution in [2.45, 2.75) is 12.5 Å². The Labute approximate surface area is 130 Å². The Morgan fingerprint density at radius 3 is 2.86 bits per heavy atom. The highest BCUT2D eigenvalue weighted by Gasteiger charge is 2.14. The number of benzene rings is 2. The minimum Gasteiger partial charge on any atom is -0.388 e. The molecule has 1 heterocycles. The fraction of sp³-hybridized carbons (Fsp3) is 0.118. The van der Waals surface area contributed by atoms with Crippen molar-refractivity contribution in [1.29, 1.82) is 0 Å². The Hall–Kier alpha value is -1.78. The van der Waals surface area contributed by atoms with Crippen LogP contribution in [-0.4, -0.2) is 10.1 Å². The third-order valence-electron chi connectivity index (χ3n) is 3.46. The lowest BCUT2D eigenvalue weighted by molar-refractivity contribution is 0.178. The van der Waals surface area contributed by atoms with Crippen LogP contribution in [0.1, 0.15) is 17.2 Å². The van der Waals surface area contributed by atoms with Crippen LogP contribution in [0, 0.1) is 5.82 Å². The second-order valence-corrected chi connectivity index (χ2v) is 5.79. The molecule has 1 unspecified atom stereocenters. The summed E-state index contributed by atoms with van der Waals surface area (Å²) >= 11 is 3.32. The van der Waals surface area contributed by atoms with Gasteiger partial charge < -0.3 is 5.11 Å². The molecule has 3 aromatic rings. The largest absolute Gasteiger partial charge is 0.388 e. The van der Waals surface area contributed by atoms with E-state index in [0.717, 1.165) is 20.9 Å². The first-order valence-electron chi connectivity index (χ1n) is 6.61. The molecule has 0 fully saturated rings. The van der Waals surface area contributed by atoms with Gasteiger partial charge in [-0.05, 0) is 41.5 Å². The van der Waals surface area contributed by atoms with Crippen molar-refractivity contribution in [1.82, 2.24) is 4.98 Å². The maximum atomic E-state index is 13.8. The first-order valence-corrected chi connectivity index (χ1v) is 7.40. The van der Waals surface area contributed by atoms with Crippen LogP contribution in [0.15, 0.2) is 59.2 Å². The summed E-state index contributed by atoms with van der Waals surface area (Å²) in [4.78, 5) is 4.27. The van der Waals surface area contributed by atoms with Gasteiger partial charge in [-0.25, -0.2) is 4.39 Å². The van der Waals surface area contributed by atoms with Crippen LogP contribution in [0.2, 0.25) is 0 Å². The monoisotopic (exact) mass is 345 g/mol. The molecule has 1 atom stereocenters. The van der Waals surface area contributed by atoms with Crippen molar-refractivity contribution >= 4 is 26.8 Å². The lowest BCUT2D eigenvalue weighted by Crippen LogP contribution is -2.04. The Morgan fingerprint density at radius 1 is 1.14 bits per heavy atom. The van der Waals surface area contributed by atoms with E-state index in [1.807, 2.05) is 30.3 Å². The summed E-state index contributed by atoms with van der Waals surface area (Å²) in [5.41, 5.74) is 2.07. The summed E-state index contributed by atoms with van der Waals surface area (Å²) in [6, 6.07) is 14.1. The fourth-order valence-corrected chi connectivity index (χ4v) is 2.84. The molecular formula is C17H13BrFNO. The smallest absolute Gasteiger partial charge is 0.126 e. The third kappa shape index (κ3) is 2.96. The second kappa shape index (κ2) is 5.92. The van der Waals surface area contributed by atoms with E-state index in [4.69, 9.17) is 0 Å². The molecule has 21 heavy (non-hydrogen) atoms. The Bertz CT molecular complexity index is 785. The molecule has 1 aromatic heterocycles. The van der Waals surface area contributed by atoms with Gasteiger partial charge in [-0.15, -0.1) is 0 Å². The van der Waals surface area contributed by atoms with Gasteiger partial charge >= 0.3 is 0 Å². The van der Waals surface area contributed by atoms with Crippen LogP contribution in [0.3, 0.4) is 0 Å². The molecule has 0 spiro atoms. The number of fused-ring (bicyclic) bond motifs is 1. The van der Waals surface area contributed by atoms with Gasteiger partial charge in [0.25, 0.3) is 0 Å². The molecule has 0 aliphatic carbocycles. The molecule has 3 rings (SSSR count). The Kier molecular flexibility index (Phi) is 3.99. The van der Waals surface area contributed by atoms with Gasteiger partial charge in [0.05, 0.1) is 11.6 Å². The highest BCUT2D eigenvalue weighted by atomic mass is 79.9. The number of hydrogen-bond donors (Lipinski definition) is 1. The van der Waals surface area contributed by atoms with Crippen LogP contribution in [0.5, 0.6) is 0 Å². The van der Waals surface area contributed by atoms with Crippen molar-refractivity contribution in [3.63, 3.8) is 0 Å². The van der Waals surface area contributed by atoms with Gasteiger partial charge in [0.2, 0.25) is 0 Å². The molecule has 2 nitrogen and oxygen atoms in total. The van der Waals surface area contributed by atoms with Gasteiger partial charge in [-0.2, -0.15) is 0 Å². The average Bonchev–Trinajstić information content (AvgIpc) is 2.50. The number of nitrogens with zero attached hydrogens (tertiary/aromatic N) is 1. The number of aromatic nitrogens is 1. The van der Waals surface area contributed by atoms with Crippen LogP contribution in [0.4, 0.5) is 4.39 Å². The lowest BCUT2D eigenvalue weighted by atomic mass is 9.97. The topological polar surface area (TPSA) is 33.1 Å². The molecule has 106 valence electrons. The molecule has 0 saturated carbocycles. The molecule has 0 bridgehead atoms. The van der Waals surface area contributed by atoms with Gasteiger partial charge in [-0.1, -0.05) is 34.1 Å². The van der Waals surface area contributed by atoms with E-state index in [1.165, 1.54) is 6.07 Å². The number of rotatable bonds is 3. The molecule has 4 heteroatoms. The van der Waals surface area contributed by atoms with E-state index >= 15 is 0 Å². The number of hydrogen-bond acceptors (Lipinski definition) is 2. The lowest BCUT2D eigenvalue weighted by Gasteiger charge is -2.14. The van der Waals surface area contributed by atoms with E-state index in [0.29, 0.717) is 5.56 Å². The standard InChI is InChI=1S/C17H13BrFNO/c18-12-6-7-15(19)11(9-12)10-17(21)14-3-1-5-16-13(14)4-2-8-20-16/h1-9,17,21H,10H2. The number of aliphatic hydroxyl groups is 1. The highest BCUT2D eigenvalue weighted by molar-refractivity contribution is 9.10. The van der Waals surface area contributed by atoms with Crippen LogP contribution in [0.25, 0.3) is 10.9 Å². The molecular weight excluding hydrogens is 333 g/mol. The zero-order chi connectivity index (χ0) is 14.8. The van der Waals surface area contributed by atoms with Crippen LogP contribution < -0.4 is 0 Å². The van der Waals surface area contributed by atoms with Gasteiger partial charge in [0.1, 0.15) is 5.82 Å². The van der Waals surface area contributed by atoms with Crippen molar-refractivity contribution in [2.24, 2.45) is 0 Å². The molecule has 0 amide bonds. The fourth-order valence-electron chi connectivity index (χ4n) is 2.44. The molecule has 0 saturated heterocycles. The van der Waals surface area contributed by atoms with Crippen molar-refractivity contribution in [3.8, 4) is 0 Å². The van der Waals surface area contributed by atoms with E-state index in [-0.39, 0.29) is 12.2 Å². The summed E-state index contributed by atoms with van der Waals surface area (Å²) in [7, 11) is 0. The molecule has 2 aromatic carbocycles. The predicted octanol–water partition coefficient (Wildman–Crippen LogP) is 4.41. The summed E-state index contributed by atoms with van der Waals surface area (Å²) in [6.45, 7) is 0. The van der Waals surface area contributed by atoms with E-state index in [9.17, 15) is 9.50 Å². The number of pyridine rings is 1. The summed E-state index contributed by atoms with van der Waals surface area (Å²) in [5, 5.41) is 11.4. The van der Waals surface area contributed by atoms with E-state index in [1.54, 1.807) is 18.3 Å². The second-order valence-electron chi connectivity index (χ2n) is 4.87. The quantitative estimate of drug-likeness (QED) is 0.762. The van der Waals surface area contributed by atoms with Gasteiger partial charge in [-0.3, -0.25) is 4.98 Å². The minimum absolute atomic E-state index is 0.222. The van der Waals surface area contributed by atoms with Gasteiger partial charge in [0.15, 0.2) is 0 Å². The van der Waals surface area contributed by atoms with E-state index in [2.05, 4.69) is 20.9 Å². The number of aliphatic hydroxyl groups excluding tert-OH is 1. The summed E-state index contributed by atoms with van der Waals surface area (Å²) in [6.07, 6.45) is 1.16. The van der Waals surface area contributed by atoms with Crippen molar-refractivity contribution in [3.05, 3.63) is 76.1 Å². The first kappa shape index (κ1) is 14.2.